The van der Waals surface area contributed by atoms with Crippen molar-refractivity contribution in [1.82, 2.24) is 0 Å². The molecule has 0 radical (unpaired) electrons. The van der Waals surface area contributed by atoms with Crippen molar-refractivity contribution < 1.29 is 19.7 Å². The highest BCUT2D eigenvalue weighted by molar-refractivity contribution is 5.70. The molecule has 0 bridgehead atoms. The number of carbonyl (C=O) groups is 1. The summed E-state index contributed by atoms with van der Waals surface area (Å²) in [7, 11) is 0. The lowest BCUT2D eigenvalue weighted by atomic mass is 10.1. The fourth-order valence-electron chi connectivity index (χ4n) is 1.17. The van der Waals surface area contributed by atoms with E-state index in [2.05, 4.69) is 0 Å². The van der Waals surface area contributed by atoms with Gasteiger partial charge in [0.05, 0.1) is 12.5 Å². The maximum Gasteiger partial charge on any atom is 0.307 e. The van der Waals surface area contributed by atoms with Gasteiger partial charge in [-0.3, -0.25) is 4.79 Å². The van der Waals surface area contributed by atoms with E-state index in [1.54, 1.807) is 38.1 Å². The SMILES string of the molecule is CC(O)C(C)Oc1ccc(CC(=O)O)cc1. The molecule has 16 heavy (non-hydrogen) atoms. The Morgan fingerprint density at radius 3 is 2.31 bits per heavy atom. The number of aliphatic hydroxyl groups excluding tert-OH is 1. The van der Waals surface area contributed by atoms with E-state index >= 15 is 0 Å². The van der Waals surface area contributed by atoms with Crippen LogP contribution in [0.15, 0.2) is 24.3 Å². The van der Waals surface area contributed by atoms with Crippen molar-refractivity contribution in [2.75, 3.05) is 0 Å². The lowest BCUT2D eigenvalue weighted by Crippen LogP contribution is -2.25. The lowest BCUT2D eigenvalue weighted by molar-refractivity contribution is -0.136. The highest BCUT2D eigenvalue weighted by atomic mass is 16.5. The van der Waals surface area contributed by atoms with E-state index in [4.69, 9.17) is 9.84 Å². The summed E-state index contributed by atoms with van der Waals surface area (Å²) >= 11 is 0. The summed E-state index contributed by atoms with van der Waals surface area (Å²) in [5.41, 5.74) is 0.726. The fraction of sp³-hybridized carbons (Fsp3) is 0.417. The summed E-state index contributed by atoms with van der Waals surface area (Å²) in [6.07, 6.45) is -0.823. The van der Waals surface area contributed by atoms with Gasteiger partial charge in [0.15, 0.2) is 0 Å². The molecule has 0 saturated heterocycles. The Labute approximate surface area is 94.5 Å². The third-order valence-electron chi connectivity index (χ3n) is 2.28. The Balaban J connectivity index is 2.61. The highest BCUT2D eigenvalue weighted by Gasteiger charge is 2.10. The summed E-state index contributed by atoms with van der Waals surface area (Å²) in [5.74, 6) is -0.228. The van der Waals surface area contributed by atoms with Crippen molar-refractivity contribution in [1.29, 1.82) is 0 Å². The molecular weight excluding hydrogens is 208 g/mol. The molecule has 1 rings (SSSR count). The molecule has 4 nitrogen and oxygen atoms in total. The van der Waals surface area contributed by atoms with Crippen LogP contribution in [0.4, 0.5) is 0 Å². The van der Waals surface area contributed by atoms with Gasteiger partial charge in [-0.05, 0) is 31.5 Å². The minimum atomic E-state index is -0.856. The smallest absolute Gasteiger partial charge is 0.307 e. The van der Waals surface area contributed by atoms with Gasteiger partial charge in [0.25, 0.3) is 0 Å². The number of aliphatic carboxylic acids is 1. The van der Waals surface area contributed by atoms with E-state index in [1.807, 2.05) is 0 Å². The van der Waals surface area contributed by atoms with Crippen LogP contribution in [0.25, 0.3) is 0 Å². The minimum Gasteiger partial charge on any atom is -0.488 e. The summed E-state index contributed by atoms with van der Waals surface area (Å²) in [4.78, 5) is 10.5. The van der Waals surface area contributed by atoms with E-state index in [-0.39, 0.29) is 12.5 Å². The Morgan fingerprint density at radius 2 is 1.88 bits per heavy atom. The van der Waals surface area contributed by atoms with E-state index in [1.165, 1.54) is 0 Å². The van der Waals surface area contributed by atoms with Crippen LogP contribution in [0.1, 0.15) is 19.4 Å². The van der Waals surface area contributed by atoms with Crippen molar-refractivity contribution in [3.05, 3.63) is 29.8 Å². The summed E-state index contributed by atoms with van der Waals surface area (Å²) in [6.45, 7) is 3.43. The van der Waals surface area contributed by atoms with Crippen LogP contribution >= 0.6 is 0 Å². The monoisotopic (exact) mass is 224 g/mol. The summed E-state index contributed by atoms with van der Waals surface area (Å²) in [5, 5.41) is 17.8. The first-order valence-corrected chi connectivity index (χ1v) is 5.14. The number of rotatable bonds is 5. The normalized spacial score (nSPS) is 14.2. The Bertz CT molecular complexity index is 343. The number of ether oxygens (including phenoxy) is 1. The van der Waals surface area contributed by atoms with Gasteiger partial charge in [-0.15, -0.1) is 0 Å². The zero-order chi connectivity index (χ0) is 12.1. The van der Waals surface area contributed by atoms with E-state index < -0.39 is 12.1 Å². The van der Waals surface area contributed by atoms with Crippen LogP contribution in [-0.2, 0) is 11.2 Å². The Kier molecular flexibility index (Phi) is 4.31. The standard InChI is InChI=1S/C12H16O4/c1-8(13)9(2)16-11-5-3-10(4-6-11)7-12(14)15/h3-6,8-9,13H,7H2,1-2H3,(H,14,15). The first-order valence-electron chi connectivity index (χ1n) is 5.14. The predicted octanol–water partition coefficient (Wildman–Crippen LogP) is 1.46. The number of carboxylic acids is 1. The lowest BCUT2D eigenvalue weighted by Gasteiger charge is -2.17. The average molecular weight is 224 g/mol. The fourth-order valence-corrected chi connectivity index (χ4v) is 1.17. The van der Waals surface area contributed by atoms with E-state index in [0.717, 1.165) is 5.56 Å². The highest BCUT2D eigenvalue weighted by Crippen LogP contribution is 2.15. The molecule has 0 heterocycles. The van der Waals surface area contributed by atoms with Crippen LogP contribution in [0.3, 0.4) is 0 Å². The van der Waals surface area contributed by atoms with Gasteiger partial charge in [0.1, 0.15) is 11.9 Å². The number of hydrogen-bond acceptors (Lipinski definition) is 3. The summed E-state index contributed by atoms with van der Waals surface area (Å²) < 4.78 is 5.44. The second-order valence-electron chi connectivity index (χ2n) is 3.78. The molecule has 88 valence electrons. The maximum atomic E-state index is 10.5. The molecule has 4 heteroatoms. The molecule has 0 aliphatic carbocycles. The first kappa shape index (κ1) is 12.5. The van der Waals surface area contributed by atoms with Gasteiger partial charge in [-0.25, -0.2) is 0 Å². The second kappa shape index (κ2) is 5.51. The summed E-state index contributed by atoms with van der Waals surface area (Å²) in [6, 6.07) is 6.82. The number of benzene rings is 1. The number of aliphatic hydroxyl groups is 1. The third kappa shape index (κ3) is 3.90. The Morgan fingerprint density at radius 1 is 1.31 bits per heavy atom. The van der Waals surface area contributed by atoms with Gasteiger partial charge in [0, 0.05) is 0 Å². The topological polar surface area (TPSA) is 66.8 Å². The van der Waals surface area contributed by atoms with E-state index in [9.17, 15) is 9.90 Å². The van der Waals surface area contributed by atoms with Crippen LogP contribution < -0.4 is 4.74 Å². The molecule has 2 N–H and O–H groups in total. The maximum absolute atomic E-state index is 10.5. The number of hydrogen-bond donors (Lipinski definition) is 2. The molecule has 0 aliphatic heterocycles. The minimum absolute atomic E-state index is 0.00619. The van der Waals surface area contributed by atoms with Crippen LogP contribution in [0.2, 0.25) is 0 Å². The second-order valence-corrected chi connectivity index (χ2v) is 3.78. The molecule has 2 unspecified atom stereocenters. The molecule has 0 fully saturated rings. The third-order valence-corrected chi connectivity index (χ3v) is 2.28. The molecule has 0 saturated carbocycles. The van der Waals surface area contributed by atoms with Crippen molar-refractivity contribution in [3.8, 4) is 5.75 Å². The van der Waals surface area contributed by atoms with Gasteiger partial charge in [-0.2, -0.15) is 0 Å². The molecule has 1 aromatic carbocycles. The van der Waals surface area contributed by atoms with Crippen molar-refractivity contribution in [2.24, 2.45) is 0 Å². The Hall–Kier alpha value is -1.55. The van der Waals surface area contributed by atoms with Crippen LogP contribution in [0, 0.1) is 0 Å². The van der Waals surface area contributed by atoms with E-state index in [0.29, 0.717) is 5.75 Å². The van der Waals surface area contributed by atoms with Crippen molar-refractivity contribution in [3.63, 3.8) is 0 Å². The van der Waals surface area contributed by atoms with Crippen LogP contribution in [0.5, 0.6) is 5.75 Å². The average Bonchev–Trinajstić information content (AvgIpc) is 2.20. The molecule has 0 aliphatic rings. The number of carboxylic acid groups (broad SMARTS) is 1. The largest absolute Gasteiger partial charge is 0.488 e. The van der Waals surface area contributed by atoms with Crippen LogP contribution in [-0.4, -0.2) is 28.4 Å². The first-order chi connectivity index (χ1) is 7.49. The molecule has 1 aromatic rings. The zero-order valence-electron chi connectivity index (χ0n) is 9.38. The quantitative estimate of drug-likeness (QED) is 0.794. The van der Waals surface area contributed by atoms with Gasteiger partial charge in [0.2, 0.25) is 0 Å². The predicted molar refractivity (Wildman–Crippen MR) is 59.6 cm³/mol. The van der Waals surface area contributed by atoms with Gasteiger partial charge >= 0.3 is 5.97 Å². The van der Waals surface area contributed by atoms with Crippen molar-refractivity contribution >= 4 is 5.97 Å². The van der Waals surface area contributed by atoms with Gasteiger partial charge < -0.3 is 14.9 Å². The molecule has 2 atom stereocenters. The van der Waals surface area contributed by atoms with Crippen molar-refractivity contribution in [2.45, 2.75) is 32.5 Å². The molecule has 0 spiro atoms. The molecule has 0 aromatic heterocycles. The molecule has 0 amide bonds. The zero-order valence-corrected chi connectivity index (χ0v) is 9.38. The van der Waals surface area contributed by atoms with Gasteiger partial charge in [-0.1, -0.05) is 12.1 Å². The molecular formula is C12H16O4.